The van der Waals surface area contributed by atoms with Crippen LogP contribution in [0.1, 0.15) is 46.2 Å². The normalized spacial score (nSPS) is 13.8. The molecule has 0 atom stereocenters. The maximum atomic E-state index is 13.6. The first kappa shape index (κ1) is 22.5. The average molecular weight is 399 g/mol. The van der Waals surface area contributed by atoms with Crippen LogP contribution in [0.2, 0.25) is 0 Å². The molecule has 2 aromatic heterocycles. The standard InChI is InChI=1S/C19H19FN4O.2C2H6/c1-13-2-4-16(11-21-13)25-15-6-8-24(9-7-15)19-17-10-14(20)3-5-18(17)22-12-23-19;2*1-2/h2-5,10-12,15H,6-9H2,1H3;2*1-2H3. The molecule has 1 aliphatic heterocycles. The van der Waals surface area contributed by atoms with E-state index in [0.29, 0.717) is 0 Å². The predicted molar refractivity (Wildman–Crippen MR) is 117 cm³/mol. The molecule has 4 rings (SSSR count). The Balaban J connectivity index is 0.000000707. The van der Waals surface area contributed by atoms with Crippen LogP contribution in [0.3, 0.4) is 0 Å². The summed E-state index contributed by atoms with van der Waals surface area (Å²) >= 11 is 0. The van der Waals surface area contributed by atoms with Gasteiger partial charge < -0.3 is 9.64 Å². The highest BCUT2D eigenvalue weighted by Gasteiger charge is 2.23. The van der Waals surface area contributed by atoms with Crippen LogP contribution in [0.15, 0.2) is 42.9 Å². The lowest BCUT2D eigenvalue weighted by molar-refractivity contribution is 0.170. The second-order valence-corrected chi connectivity index (χ2v) is 6.30. The van der Waals surface area contributed by atoms with Gasteiger partial charge in [0.25, 0.3) is 0 Å². The lowest BCUT2D eigenvalue weighted by Gasteiger charge is -2.33. The summed E-state index contributed by atoms with van der Waals surface area (Å²) in [4.78, 5) is 15.0. The Morgan fingerprint density at radius 1 is 0.966 bits per heavy atom. The van der Waals surface area contributed by atoms with Gasteiger partial charge in [-0.25, -0.2) is 14.4 Å². The molecule has 1 saturated heterocycles. The number of anilines is 1. The monoisotopic (exact) mass is 398 g/mol. The topological polar surface area (TPSA) is 51.1 Å². The quantitative estimate of drug-likeness (QED) is 0.577. The summed E-state index contributed by atoms with van der Waals surface area (Å²) in [6.07, 6.45) is 5.23. The first-order chi connectivity index (χ1) is 14.2. The van der Waals surface area contributed by atoms with Gasteiger partial charge in [0.05, 0.1) is 11.7 Å². The summed E-state index contributed by atoms with van der Waals surface area (Å²) in [6.45, 7) is 11.6. The fourth-order valence-corrected chi connectivity index (χ4v) is 3.17. The largest absolute Gasteiger partial charge is 0.489 e. The zero-order valence-corrected chi connectivity index (χ0v) is 18.0. The number of fused-ring (bicyclic) bond motifs is 1. The van der Waals surface area contributed by atoms with Crippen molar-refractivity contribution in [3.05, 3.63) is 54.4 Å². The van der Waals surface area contributed by atoms with Crippen molar-refractivity contribution in [2.24, 2.45) is 0 Å². The van der Waals surface area contributed by atoms with Crippen LogP contribution >= 0.6 is 0 Å². The second-order valence-electron chi connectivity index (χ2n) is 6.30. The Bertz CT molecular complexity index is 878. The molecule has 5 nitrogen and oxygen atoms in total. The molecule has 0 radical (unpaired) electrons. The molecular formula is C23H31FN4O. The Labute approximate surface area is 173 Å². The lowest BCUT2D eigenvalue weighted by Crippen LogP contribution is -2.38. The molecule has 1 aliphatic rings. The van der Waals surface area contributed by atoms with Gasteiger partial charge in [-0.05, 0) is 37.3 Å². The van der Waals surface area contributed by atoms with Crippen molar-refractivity contribution in [3.63, 3.8) is 0 Å². The number of nitrogens with zero attached hydrogens (tertiary/aromatic N) is 4. The van der Waals surface area contributed by atoms with E-state index in [9.17, 15) is 4.39 Å². The van der Waals surface area contributed by atoms with Gasteiger partial charge in [0.1, 0.15) is 29.8 Å². The molecule has 0 unspecified atom stereocenters. The molecule has 0 aliphatic carbocycles. The van der Waals surface area contributed by atoms with Crippen molar-refractivity contribution in [3.8, 4) is 5.75 Å². The minimum atomic E-state index is -0.270. The van der Waals surface area contributed by atoms with E-state index < -0.39 is 0 Å². The molecule has 0 spiro atoms. The highest BCUT2D eigenvalue weighted by molar-refractivity contribution is 5.89. The number of aromatic nitrogens is 3. The third-order valence-electron chi connectivity index (χ3n) is 4.50. The van der Waals surface area contributed by atoms with Crippen molar-refractivity contribution in [1.82, 2.24) is 15.0 Å². The van der Waals surface area contributed by atoms with Crippen LogP contribution in [0.4, 0.5) is 10.2 Å². The van der Waals surface area contributed by atoms with Gasteiger partial charge in [0, 0.05) is 37.0 Å². The lowest BCUT2D eigenvalue weighted by atomic mass is 10.1. The summed E-state index contributed by atoms with van der Waals surface area (Å²) < 4.78 is 19.6. The zero-order chi connectivity index (χ0) is 21.2. The fraction of sp³-hybridized carbons (Fsp3) is 0.435. The number of piperidine rings is 1. The van der Waals surface area contributed by atoms with Crippen molar-refractivity contribution >= 4 is 16.7 Å². The van der Waals surface area contributed by atoms with Gasteiger partial charge in [0.2, 0.25) is 0 Å². The summed E-state index contributed by atoms with van der Waals surface area (Å²) in [5.41, 5.74) is 1.74. The number of ether oxygens (including phenoxy) is 1. The van der Waals surface area contributed by atoms with Crippen molar-refractivity contribution in [2.75, 3.05) is 18.0 Å². The number of benzene rings is 1. The minimum Gasteiger partial charge on any atom is -0.489 e. The molecular weight excluding hydrogens is 367 g/mol. The molecule has 1 aromatic carbocycles. The van der Waals surface area contributed by atoms with Gasteiger partial charge in [-0.15, -0.1) is 0 Å². The molecule has 0 bridgehead atoms. The number of rotatable bonds is 3. The predicted octanol–water partition coefficient (Wildman–Crippen LogP) is 5.57. The molecule has 3 heterocycles. The van der Waals surface area contributed by atoms with E-state index in [1.54, 1.807) is 12.3 Å². The highest BCUT2D eigenvalue weighted by Crippen LogP contribution is 2.27. The minimum absolute atomic E-state index is 0.158. The maximum Gasteiger partial charge on any atom is 0.139 e. The first-order valence-electron chi connectivity index (χ1n) is 10.4. The Morgan fingerprint density at radius 2 is 1.69 bits per heavy atom. The summed E-state index contributed by atoms with van der Waals surface area (Å²) in [7, 11) is 0. The van der Waals surface area contributed by atoms with Gasteiger partial charge in [0.15, 0.2) is 0 Å². The number of aryl methyl sites for hydroxylation is 1. The Morgan fingerprint density at radius 3 is 2.34 bits per heavy atom. The van der Waals surface area contributed by atoms with Crippen molar-refractivity contribution < 1.29 is 9.13 Å². The second kappa shape index (κ2) is 11.3. The SMILES string of the molecule is CC.CC.Cc1ccc(OC2CCN(c3ncnc4ccc(F)cc34)CC2)cn1. The summed E-state index contributed by atoms with van der Waals surface area (Å²) in [5.74, 6) is 1.33. The molecule has 1 fully saturated rings. The van der Waals surface area contributed by atoms with Gasteiger partial charge >= 0.3 is 0 Å². The molecule has 3 aromatic rings. The first-order valence-corrected chi connectivity index (χ1v) is 10.4. The number of halogens is 1. The summed E-state index contributed by atoms with van der Waals surface area (Å²) in [5, 5.41) is 0.754. The van der Waals surface area contributed by atoms with E-state index in [1.807, 2.05) is 46.8 Å². The zero-order valence-electron chi connectivity index (χ0n) is 18.0. The Hall–Kier alpha value is -2.76. The molecule has 6 heteroatoms. The van der Waals surface area contributed by atoms with E-state index in [2.05, 4.69) is 19.9 Å². The maximum absolute atomic E-state index is 13.6. The third kappa shape index (κ3) is 5.86. The molecule has 0 saturated carbocycles. The average Bonchev–Trinajstić information content (AvgIpc) is 2.78. The van der Waals surface area contributed by atoms with E-state index in [4.69, 9.17) is 4.74 Å². The van der Waals surface area contributed by atoms with E-state index >= 15 is 0 Å². The van der Waals surface area contributed by atoms with Crippen LogP contribution in [0, 0.1) is 12.7 Å². The summed E-state index contributed by atoms with van der Waals surface area (Å²) in [6, 6.07) is 8.53. The van der Waals surface area contributed by atoms with Crippen LogP contribution in [-0.4, -0.2) is 34.1 Å². The molecule has 156 valence electrons. The Kier molecular flexibility index (Phi) is 8.77. The fourth-order valence-electron chi connectivity index (χ4n) is 3.17. The number of hydrogen-bond donors (Lipinski definition) is 0. The van der Waals surface area contributed by atoms with Crippen molar-refractivity contribution in [1.29, 1.82) is 0 Å². The molecule has 29 heavy (non-hydrogen) atoms. The van der Waals surface area contributed by atoms with E-state index in [1.165, 1.54) is 18.5 Å². The van der Waals surface area contributed by atoms with Crippen molar-refractivity contribution in [2.45, 2.75) is 53.6 Å². The molecule has 0 N–H and O–H groups in total. The number of hydrogen-bond acceptors (Lipinski definition) is 5. The molecule has 0 amide bonds. The highest BCUT2D eigenvalue weighted by atomic mass is 19.1. The van der Waals surface area contributed by atoms with Crippen LogP contribution in [0.25, 0.3) is 10.9 Å². The number of pyridine rings is 1. The van der Waals surface area contributed by atoms with Gasteiger partial charge in [-0.3, -0.25) is 4.98 Å². The third-order valence-corrected chi connectivity index (χ3v) is 4.50. The van der Waals surface area contributed by atoms with Crippen LogP contribution in [-0.2, 0) is 0 Å². The van der Waals surface area contributed by atoms with Crippen LogP contribution < -0.4 is 9.64 Å². The van der Waals surface area contributed by atoms with E-state index in [0.717, 1.165) is 54.1 Å². The smallest absolute Gasteiger partial charge is 0.139 e. The van der Waals surface area contributed by atoms with Gasteiger partial charge in [-0.2, -0.15) is 0 Å². The van der Waals surface area contributed by atoms with E-state index in [-0.39, 0.29) is 11.9 Å². The van der Waals surface area contributed by atoms with Crippen LogP contribution in [0.5, 0.6) is 5.75 Å². The van der Waals surface area contributed by atoms with Gasteiger partial charge in [-0.1, -0.05) is 27.7 Å².